The van der Waals surface area contributed by atoms with Crippen LogP contribution in [0.2, 0.25) is 0 Å². The topological polar surface area (TPSA) is 94.2 Å². The number of nitrogens with zero attached hydrogens (tertiary/aromatic N) is 3. The van der Waals surface area contributed by atoms with Crippen molar-refractivity contribution < 1.29 is 0 Å². The molecular weight excluding hydrogens is 396 g/mol. The van der Waals surface area contributed by atoms with E-state index in [1.165, 1.54) is 29.2 Å². The fourth-order valence-corrected chi connectivity index (χ4v) is 4.09. The van der Waals surface area contributed by atoms with Gasteiger partial charge >= 0.3 is 0 Å². The van der Waals surface area contributed by atoms with Crippen molar-refractivity contribution in [3.05, 3.63) is 76.9 Å². The number of unbranched alkanes of at least 4 members (excludes halogenated alkanes) is 1. The Morgan fingerprint density at radius 3 is 2.50 bits per heavy atom. The SMILES string of the molecule is CCCCc1nc(C)c(CC(C)C)n1Cc1ccc(-c2ccccc2/C(N)=N/NN)cc1. The number of aromatic nitrogens is 2. The Labute approximate surface area is 191 Å². The maximum Gasteiger partial charge on any atom is 0.152 e. The van der Waals surface area contributed by atoms with Gasteiger partial charge in [-0.05, 0) is 42.4 Å². The molecular formula is C26H36N6. The first kappa shape index (κ1) is 23.5. The van der Waals surface area contributed by atoms with E-state index in [4.69, 9.17) is 16.6 Å². The van der Waals surface area contributed by atoms with Crippen LogP contribution in [0.5, 0.6) is 0 Å². The molecule has 1 aromatic heterocycles. The van der Waals surface area contributed by atoms with Gasteiger partial charge in [0, 0.05) is 24.2 Å². The summed E-state index contributed by atoms with van der Waals surface area (Å²) in [5.41, 5.74) is 15.1. The molecule has 0 aliphatic heterocycles. The van der Waals surface area contributed by atoms with Crippen LogP contribution in [0, 0.1) is 12.8 Å². The molecule has 0 atom stereocenters. The summed E-state index contributed by atoms with van der Waals surface area (Å²) >= 11 is 0. The molecule has 0 saturated carbocycles. The molecule has 0 radical (unpaired) electrons. The molecule has 3 rings (SSSR count). The largest absolute Gasteiger partial charge is 0.382 e. The van der Waals surface area contributed by atoms with Crippen molar-refractivity contribution >= 4 is 5.84 Å². The molecule has 0 bridgehead atoms. The molecule has 6 heteroatoms. The van der Waals surface area contributed by atoms with Crippen LogP contribution in [-0.2, 0) is 19.4 Å². The highest BCUT2D eigenvalue weighted by Crippen LogP contribution is 2.25. The van der Waals surface area contributed by atoms with Gasteiger partial charge < -0.3 is 10.3 Å². The third kappa shape index (κ3) is 5.56. The van der Waals surface area contributed by atoms with E-state index in [1.54, 1.807) is 0 Å². The molecule has 32 heavy (non-hydrogen) atoms. The van der Waals surface area contributed by atoms with Crippen LogP contribution in [0.25, 0.3) is 11.1 Å². The van der Waals surface area contributed by atoms with Crippen molar-refractivity contribution in [3.63, 3.8) is 0 Å². The molecule has 3 aromatic rings. The van der Waals surface area contributed by atoms with Gasteiger partial charge in [0.15, 0.2) is 5.84 Å². The Morgan fingerprint density at radius 1 is 1.12 bits per heavy atom. The fraction of sp³-hybridized carbons (Fsp3) is 0.385. The predicted molar refractivity (Wildman–Crippen MR) is 133 cm³/mol. The highest BCUT2D eigenvalue weighted by Gasteiger charge is 2.16. The van der Waals surface area contributed by atoms with E-state index < -0.39 is 0 Å². The predicted octanol–water partition coefficient (Wildman–Crippen LogP) is 4.53. The molecule has 0 unspecified atom stereocenters. The lowest BCUT2D eigenvalue weighted by atomic mass is 9.98. The van der Waals surface area contributed by atoms with Crippen LogP contribution in [0.15, 0.2) is 53.6 Å². The Balaban J connectivity index is 1.91. The Kier molecular flexibility index (Phi) is 8.06. The molecule has 0 aliphatic carbocycles. The Morgan fingerprint density at radius 2 is 1.84 bits per heavy atom. The standard InChI is InChI=1S/C26H36N6/c1-5-6-11-25-29-19(4)24(16-18(2)3)32(25)17-20-12-14-21(15-13-20)22-9-7-8-10-23(22)26(27)30-31-28/h7-10,12-15,18,31H,5-6,11,16-17,28H2,1-4H3,(H2,27,30). The minimum atomic E-state index is 0.361. The van der Waals surface area contributed by atoms with Gasteiger partial charge in [-0.2, -0.15) is 0 Å². The van der Waals surface area contributed by atoms with Crippen LogP contribution in [-0.4, -0.2) is 15.4 Å². The monoisotopic (exact) mass is 432 g/mol. The highest BCUT2D eigenvalue weighted by atomic mass is 15.5. The number of rotatable bonds is 10. The minimum absolute atomic E-state index is 0.361. The van der Waals surface area contributed by atoms with E-state index in [-0.39, 0.29) is 0 Å². The van der Waals surface area contributed by atoms with Crippen molar-refractivity contribution in [1.82, 2.24) is 15.1 Å². The lowest BCUT2D eigenvalue weighted by Crippen LogP contribution is -2.23. The van der Waals surface area contributed by atoms with Gasteiger partial charge in [-0.3, -0.25) is 0 Å². The smallest absolute Gasteiger partial charge is 0.152 e. The number of hydrazone groups is 1. The van der Waals surface area contributed by atoms with E-state index in [9.17, 15) is 0 Å². The van der Waals surface area contributed by atoms with Crippen LogP contribution in [0.3, 0.4) is 0 Å². The number of hydrazine groups is 1. The van der Waals surface area contributed by atoms with Crippen LogP contribution in [0.1, 0.15) is 62.0 Å². The van der Waals surface area contributed by atoms with Crippen LogP contribution < -0.4 is 17.1 Å². The van der Waals surface area contributed by atoms with Crippen molar-refractivity contribution in [1.29, 1.82) is 0 Å². The average Bonchev–Trinajstić information content (AvgIpc) is 3.06. The van der Waals surface area contributed by atoms with E-state index >= 15 is 0 Å². The highest BCUT2D eigenvalue weighted by molar-refractivity contribution is 6.03. The van der Waals surface area contributed by atoms with Gasteiger partial charge in [-0.25, -0.2) is 16.4 Å². The quantitative estimate of drug-likeness (QED) is 0.190. The third-order valence-electron chi connectivity index (χ3n) is 5.70. The summed E-state index contributed by atoms with van der Waals surface area (Å²) < 4.78 is 2.44. The number of nitrogens with two attached hydrogens (primary N) is 2. The maximum absolute atomic E-state index is 6.09. The molecule has 170 valence electrons. The zero-order chi connectivity index (χ0) is 23.1. The number of benzene rings is 2. The van der Waals surface area contributed by atoms with Gasteiger partial charge in [0.1, 0.15) is 5.82 Å². The first-order chi connectivity index (χ1) is 15.4. The summed E-state index contributed by atoms with van der Waals surface area (Å²) in [5, 5.41) is 3.94. The van der Waals surface area contributed by atoms with Crippen LogP contribution >= 0.6 is 0 Å². The number of nitrogens with one attached hydrogen (secondary N) is 1. The third-order valence-corrected chi connectivity index (χ3v) is 5.70. The number of hydrogen-bond donors (Lipinski definition) is 3. The molecule has 6 nitrogen and oxygen atoms in total. The number of aryl methyl sites for hydroxylation is 2. The molecule has 5 N–H and O–H groups in total. The van der Waals surface area contributed by atoms with Crippen molar-refractivity contribution in [3.8, 4) is 11.1 Å². The lowest BCUT2D eigenvalue weighted by molar-refractivity contribution is 0.586. The second kappa shape index (κ2) is 11.0. The van der Waals surface area contributed by atoms with Gasteiger partial charge in [0.2, 0.25) is 0 Å². The van der Waals surface area contributed by atoms with Crippen molar-refractivity contribution in [2.75, 3.05) is 0 Å². The van der Waals surface area contributed by atoms with Gasteiger partial charge in [0.05, 0.1) is 5.69 Å². The summed E-state index contributed by atoms with van der Waals surface area (Å²) in [4.78, 5) is 4.93. The molecule has 1 heterocycles. The van der Waals surface area contributed by atoms with Gasteiger partial charge in [0.25, 0.3) is 0 Å². The van der Waals surface area contributed by atoms with E-state index in [2.05, 4.69) is 67.2 Å². The Bertz CT molecular complexity index is 1050. The van der Waals surface area contributed by atoms with E-state index in [0.717, 1.165) is 42.5 Å². The first-order valence-corrected chi connectivity index (χ1v) is 11.5. The number of amidine groups is 1. The van der Waals surface area contributed by atoms with Crippen molar-refractivity contribution in [2.24, 2.45) is 22.6 Å². The van der Waals surface area contributed by atoms with E-state index in [1.807, 2.05) is 24.3 Å². The summed E-state index contributed by atoms with van der Waals surface area (Å²) in [6.07, 6.45) is 4.40. The van der Waals surface area contributed by atoms with Crippen LogP contribution in [0.4, 0.5) is 0 Å². The van der Waals surface area contributed by atoms with Crippen molar-refractivity contribution in [2.45, 2.75) is 59.9 Å². The second-order valence-electron chi connectivity index (χ2n) is 8.72. The molecule has 0 saturated heterocycles. The van der Waals surface area contributed by atoms with Gasteiger partial charge in [-0.1, -0.05) is 75.7 Å². The van der Waals surface area contributed by atoms with Gasteiger partial charge in [-0.15, -0.1) is 5.10 Å². The zero-order valence-electron chi connectivity index (χ0n) is 19.7. The second-order valence-corrected chi connectivity index (χ2v) is 8.72. The summed E-state index contributed by atoms with van der Waals surface area (Å²) in [7, 11) is 0. The molecule has 0 aliphatic rings. The summed E-state index contributed by atoms with van der Waals surface area (Å²) in [6, 6.07) is 16.6. The summed E-state index contributed by atoms with van der Waals surface area (Å²) in [5.74, 6) is 7.47. The number of imidazole rings is 1. The molecule has 2 aromatic carbocycles. The molecule has 0 amide bonds. The Hall–Kier alpha value is -3.12. The molecule has 0 fully saturated rings. The summed E-state index contributed by atoms with van der Waals surface area (Å²) in [6.45, 7) is 9.75. The zero-order valence-corrected chi connectivity index (χ0v) is 19.7. The lowest BCUT2D eigenvalue weighted by Gasteiger charge is -2.15. The number of hydrogen-bond acceptors (Lipinski definition) is 4. The first-order valence-electron chi connectivity index (χ1n) is 11.5. The average molecular weight is 433 g/mol. The fourth-order valence-electron chi connectivity index (χ4n) is 4.09. The maximum atomic E-state index is 6.09. The normalized spacial score (nSPS) is 11.9. The minimum Gasteiger partial charge on any atom is -0.382 e. The van der Waals surface area contributed by atoms with E-state index in [0.29, 0.717) is 11.8 Å². The molecule has 0 spiro atoms.